The maximum Gasteiger partial charge on any atom is 0.410 e. The monoisotopic (exact) mass is 549 g/mol. The number of guanidine groups is 1. The minimum absolute atomic E-state index is 0. The number of carbonyl (C=O) groups excluding carboxylic acids is 1. The Hall–Kier alpha value is -1.79. The molecule has 0 bridgehead atoms. The zero-order valence-electron chi connectivity index (χ0n) is 19.0. The van der Waals surface area contributed by atoms with Crippen LogP contribution in [0.2, 0.25) is 0 Å². The first-order chi connectivity index (χ1) is 14.3. The summed E-state index contributed by atoms with van der Waals surface area (Å²) in [5.74, 6) is 1.63. The van der Waals surface area contributed by atoms with Crippen LogP contribution >= 0.6 is 24.0 Å². The van der Waals surface area contributed by atoms with Crippen molar-refractivity contribution in [2.75, 3.05) is 26.2 Å². The van der Waals surface area contributed by atoms with Crippen LogP contribution in [0.5, 0.6) is 0 Å². The minimum Gasteiger partial charge on any atom is -0.444 e. The summed E-state index contributed by atoms with van der Waals surface area (Å²) in [6.45, 7) is 11.5. The first-order valence-corrected chi connectivity index (χ1v) is 11.0. The van der Waals surface area contributed by atoms with Gasteiger partial charge in [-0.1, -0.05) is 0 Å². The van der Waals surface area contributed by atoms with Gasteiger partial charge in [0.2, 0.25) is 0 Å². The third kappa shape index (κ3) is 7.11. The van der Waals surface area contributed by atoms with E-state index in [4.69, 9.17) is 4.74 Å². The van der Waals surface area contributed by atoms with E-state index in [-0.39, 0.29) is 41.8 Å². The van der Waals surface area contributed by atoms with Gasteiger partial charge in [0.1, 0.15) is 11.4 Å². The van der Waals surface area contributed by atoms with E-state index in [0.717, 1.165) is 50.6 Å². The SMILES string of the molecule is CCNC(=NCCCn1nc2n(c1=O)CCCC2)NC1CN(C(=O)OC(C)(C)C)C1.I. The summed E-state index contributed by atoms with van der Waals surface area (Å²) in [5, 5.41) is 11.0. The van der Waals surface area contributed by atoms with Gasteiger partial charge in [0.15, 0.2) is 5.96 Å². The molecule has 0 radical (unpaired) electrons. The maximum atomic E-state index is 12.4. The highest BCUT2D eigenvalue weighted by atomic mass is 127. The molecule has 3 rings (SSSR count). The first-order valence-electron chi connectivity index (χ1n) is 11.0. The predicted molar refractivity (Wildman–Crippen MR) is 130 cm³/mol. The molecule has 1 amide bonds. The van der Waals surface area contributed by atoms with Crippen LogP contribution in [-0.4, -0.2) is 69.1 Å². The Bertz CT molecular complexity index is 822. The zero-order chi connectivity index (χ0) is 21.7. The van der Waals surface area contributed by atoms with E-state index in [1.54, 1.807) is 14.1 Å². The van der Waals surface area contributed by atoms with Gasteiger partial charge in [-0.15, -0.1) is 24.0 Å². The van der Waals surface area contributed by atoms with Crippen LogP contribution in [0.15, 0.2) is 9.79 Å². The summed E-state index contributed by atoms with van der Waals surface area (Å²) in [5.41, 5.74) is -0.488. The van der Waals surface area contributed by atoms with E-state index in [0.29, 0.717) is 26.2 Å². The molecule has 31 heavy (non-hydrogen) atoms. The van der Waals surface area contributed by atoms with Gasteiger partial charge in [-0.3, -0.25) is 9.56 Å². The number of halogens is 1. The molecule has 10 nitrogen and oxygen atoms in total. The number of amides is 1. The first kappa shape index (κ1) is 25.5. The lowest BCUT2D eigenvalue weighted by Crippen LogP contribution is -2.63. The molecule has 3 heterocycles. The normalized spacial score (nSPS) is 16.8. The highest BCUT2D eigenvalue weighted by Gasteiger charge is 2.34. The second kappa shape index (κ2) is 11.2. The second-order valence-corrected chi connectivity index (χ2v) is 8.87. The van der Waals surface area contributed by atoms with E-state index in [2.05, 4.69) is 20.7 Å². The van der Waals surface area contributed by atoms with Crippen molar-refractivity contribution >= 4 is 36.0 Å². The number of rotatable bonds is 6. The molecule has 1 saturated heterocycles. The lowest BCUT2D eigenvalue weighted by Gasteiger charge is -2.40. The number of hydrogen-bond acceptors (Lipinski definition) is 5. The Kier molecular flexibility index (Phi) is 9.19. The van der Waals surface area contributed by atoms with E-state index in [1.165, 1.54) is 0 Å². The van der Waals surface area contributed by atoms with Crippen LogP contribution < -0.4 is 16.3 Å². The van der Waals surface area contributed by atoms with Gasteiger partial charge in [0, 0.05) is 45.7 Å². The summed E-state index contributed by atoms with van der Waals surface area (Å²) in [6, 6.07) is 0.151. The van der Waals surface area contributed by atoms with Crippen molar-refractivity contribution in [3.8, 4) is 0 Å². The van der Waals surface area contributed by atoms with Crippen molar-refractivity contribution in [1.29, 1.82) is 0 Å². The number of fused-ring (bicyclic) bond motifs is 1. The van der Waals surface area contributed by atoms with Crippen LogP contribution in [0, 0.1) is 0 Å². The lowest BCUT2D eigenvalue weighted by atomic mass is 10.1. The Balaban J connectivity index is 0.00000341. The summed E-state index contributed by atoms with van der Waals surface area (Å²) >= 11 is 0. The van der Waals surface area contributed by atoms with Crippen molar-refractivity contribution in [3.63, 3.8) is 0 Å². The number of carbonyl (C=O) groups is 1. The van der Waals surface area contributed by atoms with Crippen LogP contribution in [-0.2, 0) is 24.2 Å². The highest BCUT2D eigenvalue weighted by molar-refractivity contribution is 14.0. The minimum atomic E-state index is -0.484. The molecule has 0 aromatic carbocycles. The van der Waals surface area contributed by atoms with Gasteiger partial charge in [0.05, 0.1) is 6.04 Å². The number of aromatic nitrogens is 3. The van der Waals surface area contributed by atoms with Crippen molar-refractivity contribution in [2.45, 2.75) is 78.1 Å². The number of ether oxygens (including phenoxy) is 1. The molecule has 0 spiro atoms. The second-order valence-electron chi connectivity index (χ2n) is 8.87. The van der Waals surface area contributed by atoms with E-state index < -0.39 is 5.60 Å². The summed E-state index contributed by atoms with van der Waals surface area (Å²) in [7, 11) is 0. The average molecular weight is 549 g/mol. The van der Waals surface area contributed by atoms with E-state index >= 15 is 0 Å². The topological polar surface area (TPSA) is 106 Å². The Labute approximate surface area is 200 Å². The van der Waals surface area contributed by atoms with E-state index in [9.17, 15) is 9.59 Å². The molecule has 2 aliphatic heterocycles. The summed E-state index contributed by atoms with van der Waals surface area (Å²) < 4.78 is 8.75. The third-order valence-electron chi connectivity index (χ3n) is 5.05. The van der Waals surface area contributed by atoms with Gasteiger partial charge in [-0.05, 0) is 47.0 Å². The fourth-order valence-electron chi connectivity index (χ4n) is 3.56. The fraction of sp³-hybridized carbons (Fsp3) is 0.800. The standard InChI is InChI=1S/C20H35N7O3.HI/c1-5-21-17(23-15-13-25(14-15)19(29)30-20(2,3)4)22-10-8-12-27-18(28)26-11-7-6-9-16(26)24-27;/h15H,5-14H2,1-4H3,(H2,21,22,23);1H. The van der Waals surface area contributed by atoms with Gasteiger partial charge in [0.25, 0.3) is 0 Å². The quantitative estimate of drug-likeness (QED) is 0.242. The molecule has 0 saturated carbocycles. The molecule has 0 atom stereocenters. The summed E-state index contributed by atoms with van der Waals surface area (Å²) in [6.07, 6.45) is 3.49. The largest absolute Gasteiger partial charge is 0.444 e. The molecule has 0 aliphatic carbocycles. The van der Waals surface area contributed by atoms with Crippen LogP contribution in [0.1, 0.15) is 52.8 Å². The number of aliphatic imine (C=N–C) groups is 1. The van der Waals surface area contributed by atoms with Crippen LogP contribution in [0.3, 0.4) is 0 Å². The fourth-order valence-corrected chi connectivity index (χ4v) is 3.56. The zero-order valence-corrected chi connectivity index (χ0v) is 21.3. The van der Waals surface area contributed by atoms with Gasteiger partial charge >= 0.3 is 11.8 Å². The summed E-state index contributed by atoms with van der Waals surface area (Å²) in [4.78, 5) is 30.7. The van der Waals surface area contributed by atoms with Crippen molar-refractivity contribution in [2.24, 2.45) is 4.99 Å². The maximum absolute atomic E-state index is 12.4. The molecule has 1 aromatic heterocycles. The Morgan fingerprint density at radius 1 is 1.29 bits per heavy atom. The average Bonchev–Trinajstić information content (AvgIpc) is 2.96. The number of hydrogen-bond donors (Lipinski definition) is 2. The van der Waals surface area contributed by atoms with Crippen molar-refractivity contribution < 1.29 is 9.53 Å². The molecule has 2 aliphatic rings. The Morgan fingerprint density at radius 2 is 2.03 bits per heavy atom. The molecule has 176 valence electrons. The molecular formula is C20H36IN7O3. The Morgan fingerprint density at radius 3 is 2.68 bits per heavy atom. The van der Waals surface area contributed by atoms with Crippen molar-refractivity contribution in [1.82, 2.24) is 29.9 Å². The molecule has 1 aromatic rings. The number of aryl methyl sites for hydroxylation is 2. The highest BCUT2D eigenvalue weighted by Crippen LogP contribution is 2.15. The smallest absolute Gasteiger partial charge is 0.410 e. The predicted octanol–water partition coefficient (Wildman–Crippen LogP) is 1.56. The molecule has 0 unspecified atom stereocenters. The van der Waals surface area contributed by atoms with Crippen LogP contribution in [0.4, 0.5) is 4.79 Å². The van der Waals surface area contributed by atoms with E-state index in [1.807, 2.05) is 27.7 Å². The van der Waals surface area contributed by atoms with Gasteiger partial charge < -0.3 is 20.3 Å². The number of nitrogens with one attached hydrogen (secondary N) is 2. The van der Waals surface area contributed by atoms with Crippen LogP contribution in [0.25, 0.3) is 0 Å². The van der Waals surface area contributed by atoms with Gasteiger partial charge in [-0.25, -0.2) is 14.3 Å². The van der Waals surface area contributed by atoms with Gasteiger partial charge in [-0.2, -0.15) is 5.10 Å². The lowest BCUT2D eigenvalue weighted by molar-refractivity contribution is 0.00700. The molecule has 1 fully saturated rings. The molecule has 11 heteroatoms. The molecular weight excluding hydrogens is 513 g/mol. The number of likely N-dealkylation sites (tertiary alicyclic amines) is 1. The van der Waals surface area contributed by atoms with Crippen molar-refractivity contribution in [3.05, 3.63) is 16.3 Å². The number of nitrogens with zero attached hydrogens (tertiary/aromatic N) is 5. The molecule has 2 N–H and O–H groups in total. The third-order valence-corrected chi connectivity index (χ3v) is 5.05.